The van der Waals surface area contributed by atoms with Crippen LogP contribution in [0.3, 0.4) is 0 Å². The summed E-state index contributed by atoms with van der Waals surface area (Å²) in [6, 6.07) is 13.7. The maximum absolute atomic E-state index is 12.3. The third-order valence-electron chi connectivity index (χ3n) is 3.45. The molecule has 3 nitrogen and oxygen atoms in total. The normalized spacial score (nSPS) is 19.4. The van der Waals surface area contributed by atoms with Gasteiger partial charge in [-0.2, -0.15) is 0 Å². The van der Waals surface area contributed by atoms with E-state index in [1.807, 2.05) is 42.5 Å². The van der Waals surface area contributed by atoms with Gasteiger partial charge in [-0.25, -0.2) is 0 Å². The molecule has 1 heterocycles. The van der Waals surface area contributed by atoms with Crippen molar-refractivity contribution in [2.75, 3.05) is 13.1 Å². The van der Waals surface area contributed by atoms with E-state index in [9.17, 15) is 9.90 Å². The summed E-state index contributed by atoms with van der Waals surface area (Å²) in [5.41, 5.74) is 0.697. The Balaban J connectivity index is 1.92. The van der Waals surface area contributed by atoms with Crippen molar-refractivity contribution in [1.29, 1.82) is 0 Å². The zero-order chi connectivity index (χ0) is 12.5. The predicted molar refractivity (Wildman–Crippen MR) is 70.5 cm³/mol. The lowest BCUT2D eigenvalue weighted by molar-refractivity contribution is 0.0765. The molecule has 0 aromatic heterocycles. The van der Waals surface area contributed by atoms with E-state index < -0.39 is 0 Å². The van der Waals surface area contributed by atoms with Gasteiger partial charge in [0.2, 0.25) is 0 Å². The van der Waals surface area contributed by atoms with Crippen molar-refractivity contribution in [1.82, 2.24) is 4.90 Å². The van der Waals surface area contributed by atoms with Gasteiger partial charge in [-0.3, -0.25) is 4.79 Å². The fourth-order valence-corrected chi connectivity index (χ4v) is 2.43. The molecule has 3 heteroatoms. The minimum absolute atomic E-state index is 0.0114. The van der Waals surface area contributed by atoms with Crippen molar-refractivity contribution in [3.8, 4) is 0 Å². The van der Waals surface area contributed by atoms with Gasteiger partial charge in [0.05, 0.1) is 6.10 Å². The molecule has 1 saturated heterocycles. The Morgan fingerprint density at radius 2 is 1.94 bits per heavy atom. The quantitative estimate of drug-likeness (QED) is 0.830. The molecule has 0 aliphatic carbocycles. The summed E-state index contributed by atoms with van der Waals surface area (Å²) in [7, 11) is 0. The number of aliphatic hydroxyl groups excluding tert-OH is 1. The number of β-amino-alcohol motifs (C(OH)–C–C–N with tert-alkyl or cyclic N) is 1. The number of carbonyl (C=O) groups excluding carboxylic acids is 1. The van der Waals surface area contributed by atoms with Crippen LogP contribution in [0.25, 0.3) is 10.8 Å². The average Bonchev–Trinajstić information content (AvgIpc) is 2.84. The monoisotopic (exact) mass is 241 g/mol. The molecule has 18 heavy (non-hydrogen) atoms. The van der Waals surface area contributed by atoms with Gasteiger partial charge in [0.1, 0.15) is 0 Å². The standard InChI is InChI=1S/C15H15NO2/c17-14-7-8-16(10-14)15(18)13-6-5-11-3-1-2-4-12(11)9-13/h1-6,9,14,17H,7-8,10H2/t14-/m1/s1. The second kappa shape index (κ2) is 4.42. The molecule has 92 valence electrons. The number of amides is 1. The molecule has 2 aromatic rings. The molecule has 0 radical (unpaired) electrons. The van der Waals surface area contributed by atoms with Crippen LogP contribution in [0.5, 0.6) is 0 Å². The van der Waals surface area contributed by atoms with Gasteiger partial charge in [-0.1, -0.05) is 30.3 Å². The first-order valence-corrected chi connectivity index (χ1v) is 6.20. The lowest BCUT2D eigenvalue weighted by atomic mass is 10.1. The maximum atomic E-state index is 12.3. The number of benzene rings is 2. The molecule has 1 N–H and O–H groups in total. The highest BCUT2D eigenvalue weighted by atomic mass is 16.3. The van der Waals surface area contributed by atoms with Gasteiger partial charge in [0.15, 0.2) is 0 Å². The number of hydrogen-bond donors (Lipinski definition) is 1. The lowest BCUT2D eigenvalue weighted by Crippen LogP contribution is -2.29. The van der Waals surface area contributed by atoms with Crippen LogP contribution in [0.2, 0.25) is 0 Å². The number of rotatable bonds is 1. The van der Waals surface area contributed by atoms with Crippen molar-refractivity contribution in [3.63, 3.8) is 0 Å². The second-order valence-electron chi connectivity index (χ2n) is 4.76. The van der Waals surface area contributed by atoms with Crippen LogP contribution in [0.15, 0.2) is 42.5 Å². The van der Waals surface area contributed by atoms with Crippen LogP contribution in [0, 0.1) is 0 Å². The van der Waals surface area contributed by atoms with Gasteiger partial charge in [0.25, 0.3) is 5.91 Å². The molecule has 1 fully saturated rings. The topological polar surface area (TPSA) is 40.5 Å². The first-order valence-electron chi connectivity index (χ1n) is 6.20. The van der Waals surface area contributed by atoms with E-state index >= 15 is 0 Å². The van der Waals surface area contributed by atoms with E-state index in [2.05, 4.69) is 0 Å². The molecule has 0 spiro atoms. The lowest BCUT2D eigenvalue weighted by Gasteiger charge is -2.15. The second-order valence-corrected chi connectivity index (χ2v) is 4.76. The first kappa shape index (κ1) is 11.2. The summed E-state index contributed by atoms with van der Waals surface area (Å²) in [5.74, 6) is 0.0114. The minimum atomic E-state index is -0.366. The molecular formula is C15H15NO2. The third-order valence-corrected chi connectivity index (χ3v) is 3.45. The SMILES string of the molecule is O=C(c1ccc2ccccc2c1)N1CC[C@@H](O)C1. The summed E-state index contributed by atoms with van der Waals surface area (Å²) in [6.45, 7) is 1.10. The largest absolute Gasteiger partial charge is 0.391 e. The summed E-state index contributed by atoms with van der Waals surface area (Å²) in [6.07, 6.45) is 0.314. The van der Waals surface area contributed by atoms with Gasteiger partial charge in [0, 0.05) is 18.7 Å². The number of carbonyl (C=O) groups is 1. The number of aliphatic hydroxyl groups is 1. The van der Waals surface area contributed by atoms with E-state index in [4.69, 9.17) is 0 Å². The van der Waals surface area contributed by atoms with Gasteiger partial charge in [-0.05, 0) is 29.3 Å². The summed E-state index contributed by atoms with van der Waals surface area (Å²) < 4.78 is 0. The van der Waals surface area contributed by atoms with Crippen LogP contribution in [0.1, 0.15) is 16.8 Å². The molecule has 1 amide bonds. The molecule has 1 atom stereocenters. The van der Waals surface area contributed by atoms with E-state index in [-0.39, 0.29) is 12.0 Å². The summed E-state index contributed by atoms with van der Waals surface area (Å²) in [4.78, 5) is 14.0. The van der Waals surface area contributed by atoms with E-state index in [1.54, 1.807) is 4.90 Å². The zero-order valence-corrected chi connectivity index (χ0v) is 10.0. The predicted octanol–water partition coefficient (Wildman–Crippen LogP) is 2.05. The van der Waals surface area contributed by atoms with Crippen molar-refractivity contribution < 1.29 is 9.90 Å². The Kier molecular flexibility index (Phi) is 2.76. The van der Waals surface area contributed by atoms with E-state index in [0.29, 0.717) is 25.1 Å². The fraction of sp³-hybridized carbons (Fsp3) is 0.267. The van der Waals surface area contributed by atoms with Crippen LogP contribution < -0.4 is 0 Å². The van der Waals surface area contributed by atoms with Crippen LogP contribution in [-0.4, -0.2) is 35.1 Å². The Bertz CT molecular complexity index is 594. The van der Waals surface area contributed by atoms with Gasteiger partial charge in [-0.15, -0.1) is 0 Å². The molecule has 1 aliphatic heterocycles. The fourth-order valence-electron chi connectivity index (χ4n) is 2.43. The highest BCUT2D eigenvalue weighted by Crippen LogP contribution is 2.19. The maximum Gasteiger partial charge on any atom is 0.253 e. The molecule has 3 rings (SSSR count). The highest BCUT2D eigenvalue weighted by molar-refractivity contribution is 5.98. The van der Waals surface area contributed by atoms with Crippen molar-refractivity contribution in [3.05, 3.63) is 48.0 Å². The average molecular weight is 241 g/mol. The van der Waals surface area contributed by atoms with Crippen LogP contribution in [-0.2, 0) is 0 Å². The van der Waals surface area contributed by atoms with Gasteiger partial charge >= 0.3 is 0 Å². The Labute approximate surface area is 106 Å². The Morgan fingerprint density at radius 3 is 2.67 bits per heavy atom. The molecule has 1 aliphatic rings. The Hall–Kier alpha value is -1.87. The van der Waals surface area contributed by atoms with Crippen molar-refractivity contribution in [2.45, 2.75) is 12.5 Å². The number of hydrogen-bond acceptors (Lipinski definition) is 2. The van der Waals surface area contributed by atoms with Gasteiger partial charge < -0.3 is 10.0 Å². The third kappa shape index (κ3) is 1.97. The smallest absolute Gasteiger partial charge is 0.253 e. The molecule has 0 unspecified atom stereocenters. The number of fused-ring (bicyclic) bond motifs is 1. The van der Waals surface area contributed by atoms with Crippen LogP contribution >= 0.6 is 0 Å². The minimum Gasteiger partial charge on any atom is -0.391 e. The number of nitrogens with zero attached hydrogens (tertiary/aromatic N) is 1. The molecule has 0 bridgehead atoms. The Morgan fingerprint density at radius 1 is 1.17 bits per heavy atom. The van der Waals surface area contributed by atoms with Crippen LogP contribution in [0.4, 0.5) is 0 Å². The summed E-state index contributed by atoms with van der Waals surface area (Å²) in [5, 5.41) is 11.7. The molecular weight excluding hydrogens is 226 g/mol. The first-order chi connectivity index (χ1) is 8.74. The number of likely N-dealkylation sites (tertiary alicyclic amines) is 1. The van der Waals surface area contributed by atoms with E-state index in [0.717, 1.165) is 10.8 Å². The summed E-state index contributed by atoms with van der Waals surface area (Å²) >= 11 is 0. The molecule has 0 saturated carbocycles. The van der Waals surface area contributed by atoms with Crippen molar-refractivity contribution >= 4 is 16.7 Å². The van der Waals surface area contributed by atoms with Crippen molar-refractivity contribution in [2.24, 2.45) is 0 Å². The molecule has 2 aromatic carbocycles. The highest BCUT2D eigenvalue weighted by Gasteiger charge is 2.25. The van der Waals surface area contributed by atoms with E-state index in [1.165, 1.54) is 0 Å². The zero-order valence-electron chi connectivity index (χ0n) is 10.0.